The predicted molar refractivity (Wildman–Crippen MR) is 132 cm³/mol. The van der Waals surface area contributed by atoms with Crippen LogP contribution in [0.1, 0.15) is 11.6 Å². The molecule has 0 radical (unpaired) electrons. The number of likely N-dealkylation sites (tertiary alicyclic amines) is 1. The van der Waals surface area contributed by atoms with Crippen LogP contribution in [0.3, 0.4) is 0 Å². The summed E-state index contributed by atoms with van der Waals surface area (Å²) < 4.78 is 5.25. The van der Waals surface area contributed by atoms with Gasteiger partial charge in [0.2, 0.25) is 17.7 Å². The van der Waals surface area contributed by atoms with Crippen LogP contribution >= 0.6 is 0 Å². The average molecular weight is 485 g/mol. The fourth-order valence-corrected chi connectivity index (χ4v) is 5.17. The molecule has 0 saturated carbocycles. The smallest absolute Gasteiger partial charge is 0.323 e. The third-order valence-corrected chi connectivity index (χ3v) is 6.70. The molecule has 4 unspecified atom stereocenters. The number of nitrogens with two attached hydrogens (primary N) is 1. The van der Waals surface area contributed by atoms with Gasteiger partial charge in [-0.2, -0.15) is 0 Å². The topological polar surface area (TPSA) is 122 Å². The number of benzene rings is 3. The molecule has 2 aliphatic rings. The first kappa shape index (κ1) is 23.1. The number of anilines is 2. The van der Waals surface area contributed by atoms with Crippen molar-refractivity contribution in [1.29, 1.82) is 0 Å². The van der Waals surface area contributed by atoms with Crippen LogP contribution in [0.4, 0.5) is 16.2 Å². The lowest BCUT2D eigenvalue weighted by molar-refractivity contribution is -0.129. The average Bonchev–Trinajstić information content (AvgIpc) is 3.38. The minimum absolute atomic E-state index is 0.402. The van der Waals surface area contributed by atoms with Crippen LogP contribution in [-0.4, -0.2) is 41.8 Å². The molecule has 3 N–H and O–H groups in total. The van der Waals surface area contributed by atoms with Gasteiger partial charge in [-0.3, -0.25) is 14.4 Å². The normalized spacial score (nSPS) is 22.9. The molecule has 0 spiro atoms. The standard InChI is InChI=1S/C27H24N4O5/c1-36-19-14-12-16(13-15-19)22-20-21(26(34)30(25(20)33)18-10-6-3-7-11-18)23(24(28)32)31(22)27(35)29-17-8-4-2-5-9-17/h2-15,20-23H,1H3,(H2,28,32)(H,29,35). The van der Waals surface area contributed by atoms with Gasteiger partial charge in [0.15, 0.2) is 0 Å². The Morgan fingerprint density at radius 2 is 1.42 bits per heavy atom. The van der Waals surface area contributed by atoms with E-state index in [-0.39, 0.29) is 0 Å². The van der Waals surface area contributed by atoms with Crippen molar-refractivity contribution < 1.29 is 23.9 Å². The molecular formula is C27H24N4O5. The highest BCUT2D eigenvalue weighted by atomic mass is 16.5. The highest BCUT2D eigenvalue weighted by molar-refractivity contribution is 6.24. The van der Waals surface area contributed by atoms with Crippen molar-refractivity contribution in [3.05, 3.63) is 90.5 Å². The Morgan fingerprint density at radius 1 is 0.833 bits per heavy atom. The molecule has 182 valence electrons. The Bertz CT molecular complexity index is 1310. The molecule has 9 heteroatoms. The van der Waals surface area contributed by atoms with E-state index in [0.29, 0.717) is 22.7 Å². The quantitative estimate of drug-likeness (QED) is 0.539. The Labute approximate surface area is 207 Å². The first-order valence-corrected chi connectivity index (χ1v) is 11.4. The van der Waals surface area contributed by atoms with Crippen LogP contribution < -0.4 is 20.7 Å². The summed E-state index contributed by atoms with van der Waals surface area (Å²) in [4.78, 5) is 56.1. The van der Waals surface area contributed by atoms with E-state index in [2.05, 4.69) is 5.32 Å². The lowest BCUT2D eigenvalue weighted by Gasteiger charge is -2.32. The fraction of sp³-hybridized carbons (Fsp3) is 0.185. The number of rotatable bonds is 5. The van der Waals surface area contributed by atoms with Gasteiger partial charge in [0.05, 0.1) is 30.7 Å². The molecule has 3 aromatic rings. The van der Waals surface area contributed by atoms with Gasteiger partial charge in [0, 0.05) is 5.69 Å². The number of nitrogens with one attached hydrogen (secondary N) is 1. The van der Waals surface area contributed by atoms with E-state index < -0.39 is 47.7 Å². The maximum Gasteiger partial charge on any atom is 0.323 e. The molecule has 4 atom stereocenters. The number of carbonyl (C=O) groups is 4. The molecule has 5 rings (SSSR count). The van der Waals surface area contributed by atoms with E-state index in [1.54, 1.807) is 84.9 Å². The second-order valence-corrected chi connectivity index (χ2v) is 8.67. The van der Waals surface area contributed by atoms with Crippen LogP contribution in [0.25, 0.3) is 0 Å². The number of amides is 5. The number of hydrogen-bond acceptors (Lipinski definition) is 5. The van der Waals surface area contributed by atoms with Crippen LogP contribution in [0, 0.1) is 11.8 Å². The molecular weight excluding hydrogens is 460 g/mol. The van der Waals surface area contributed by atoms with Crippen molar-refractivity contribution in [1.82, 2.24) is 4.90 Å². The van der Waals surface area contributed by atoms with Gasteiger partial charge in [-0.1, -0.05) is 48.5 Å². The number of ether oxygens (including phenoxy) is 1. The van der Waals surface area contributed by atoms with E-state index in [1.165, 1.54) is 12.0 Å². The summed E-state index contributed by atoms with van der Waals surface area (Å²) in [6.07, 6.45) is 0. The zero-order valence-electron chi connectivity index (χ0n) is 19.4. The fourth-order valence-electron chi connectivity index (χ4n) is 5.17. The van der Waals surface area contributed by atoms with Crippen LogP contribution in [0.5, 0.6) is 5.75 Å². The van der Waals surface area contributed by atoms with Gasteiger partial charge in [0.25, 0.3) is 0 Å². The Hall–Kier alpha value is -4.66. The Morgan fingerprint density at radius 3 is 2.00 bits per heavy atom. The van der Waals surface area contributed by atoms with Crippen molar-refractivity contribution in [2.24, 2.45) is 17.6 Å². The zero-order valence-corrected chi connectivity index (χ0v) is 19.4. The number of urea groups is 1. The van der Waals surface area contributed by atoms with Crippen molar-refractivity contribution in [2.45, 2.75) is 12.1 Å². The highest BCUT2D eigenvalue weighted by Gasteiger charge is 2.65. The molecule has 0 aromatic heterocycles. The third kappa shape index (κ3) is 3.74. The molecule has 9 nitrogen and oxygen atoms in total. The van der Waals surface area contributed by atoms with E-state index in [9.17, 15) is 19.2 Å². The lowest BCUT2D eigenvalue weighted by atomic mass is 9.86. The van der Waals surface area contributed by atoms with Gasteiger partial charge in [-0.25, -0.2) is 9.69 Å². The second kappa shape index (κ2) is 9.18. The SMILES string of the molecule is COc1ccc(C2C3C(=O)N(c4ccccc4)C(=O)C3C(C(N)=O)N2C(=O)Nc2ccccc2)cc1. The molecule has 0 bridgehead atoms. The van der Waals surface area contributed by atoms with Crippen molar-refractivity contribution >= 4 is 35.1 Å². The number of para-hydroxylation sites is 2. The monoisotopic (exact) mass is 484 g/mol. The maximum absolute atomic E-state index is 13.8. The molecule has 2 aliphatic heterocycles. The van der Waals surface area contributed by atoms with E-state index in [4.69, 9.17) is 10.5 Å². The van der Waals surface area contributed by atoms with Gasteiger partial charge < -0.3 is 20.7 Å². The molecule has 36 heavy (non-hydrogen) atoms. The van der Waals surface area contributed by atoms with Crippen LogP contribution in [-0.2, 0) is 14.4 Å². The van der Waals surface area contributed by atoms with E-state index >= 15 is 0 Å². The van der Waals surface area contributed by atoms with Crippen molar-refractivity contribution in [3.8, 4) is 5.75 Å². The van der Waals surface area contributed by atoms with Crippen molar-refractivity contribution in [2.75, 3.05) is 17.3 Å². The minimum atomic E-state index is -1.32. The number of carbonyl (C=O) groups excluding carboxylic acids is 4. The summed E-state index contributed by atoms with van der Waals surface area (Å²) in [5.74, 6) is -3.44. The van der Waals surface area contributed by atoms with Gasteiger partial charge in [-0.15, -0.1) is 0 Å². The van der Waals surface area contributed by atoms with Crippen LogP contribution in [0.15, 0.2) is 84.9 Å². The molecule has 2 saturated heterocycles. The molecule has 2 fully saturated rings. The van der Waals surface area contributed by atoms with Gasteiger partial charge in [-0.05, 0) is 42.0 Å². The summed E-state index contributed by atoms with van der Waals surface area (Å²) in [5, 5.41) is 2.77. The van der Waals surface area contributed by atoms with Gasteiger partial charge in [0.1, 0.15) is 11.8 Å². The molecule has 5 amide bonds. The van der Waals surface area contributed by atoms with Crippen LogP contribution in [0.2, 0.25) is 0 Å². The Kier molecular flexibility index (Phi) is 5.89. The number of fused-ring (bicyclic) bond motifs is 1. The first-order valence-electron chi connectivity index (χ1n) is 11.4. The molecule has 2 heterocycles. The van der Waals surface area contributed by atoms with E-state index in [1.807, 2.05) is 0 Å². The minimum Gasteiger partial charge on any atom is -0.497 e. The predicted octanol–water partition coefficient (Wildman–Crippen LogP) is 2.94. The van der Waals surface area contributed by atoms with E-state index in [0.717, 1.165) is 4.90 Å². The molecule has 0 aliphatic carbocycles. The number of imide groups is 1. The lowest BCUT2D eigenvalue weighted by Crippen LogP contribution is -2.51. The first-order chi connectivity index (χ1) is 17.4. The Balaban J connectivity index is 1.62. The second-order valence-electron chi connectivity index (χ2n) is 8.67. The summed E-state index contributed by atoms with van der Waals surface area (Å²) in [5.41, 5.74) is 7.27. The third-order valence-electron chi connectivity index (χ3n) is 6.70. The summed E-state index contributed by atoms with van der Waals surface area (Å²) >= 11 is 0. The summed E-state index contributed by atoms with van der Waals surface area (Å²) in [6.45, 7) is 0. The summed E-state index contributed by atoms with van der Waals surface area (Å²) in [6, 6.07) is 21.2. The maximum atomic E-state index is 13.8. The zero-order chi connectivity index (χ0) is 25.4. The van der Waals surface area contributed by atoms with Crippen molar-refractivity contribution in [3.63, 3.8) is 0 Å². The number of hydrogen-bond donors (Lipinski definition) is 2. The number of nitrogens with zero attached hydrogens (tertiary/aromatic N) is 2. The molecule has 3 aromatic carbocycles. The van der Waals surface area contributed by atoms with Gasteiger partial charge >= 0.3 is 6.03 Å². The largest absolute Gasteiger partial charge is 0.497 e. The number of methoxy groups -OCH3 is 1. The highest BCUT2D eigenvalue weighted by Crippen LogP contribution is 2.51. The summed E-state index contributed by atoms with van der Waals surface area (Å²) in [7, 11) is 1.53. The number of primary amides is 1.